The Morgan fingerprint density at radius 3 is 3.06 bits per heavy atom. The lowest BCUT2D eigenvalue weighted by atomic mass is 9.99. The summed E-state index contributed by atoms with van der Waals surface area (Å²) in [4.78, 5) is 0. The molecule has 1 aromatic rings. The van der Waals surface area contributed by atoms with E-state index < -0.39 is 0 Å². The van der Waals surface area contributed by atoms with Gasteiger partial charge >= 0.3 is 0 Å². The van der Waals surface area contributed by atoms with Crippen molar-refractivity contribution in [3.8, 4) is 0 Å². The molecule has 0 bridgehead atoms. The lowest BCUT2D eigenvalue weighted by Gasteiger charge is -2.19. The third-order valence-corrected chi connectivity index (χ3v) is 3.46. The smallest absolute Gasteiger partial charge is 0.0590 e. The summed E-state index contributed by atoms with van der Waals surface area (Å²) in [5.74, 6) is 0. The Morgan fingerprint density at radius 1 is 1.29 bits per heavy atom. The number of ether oxygens (including phenoxy) is 1. The molecule has 0 aliphatic heterocycles. The molecule has 2 nitrogen and oxygen atoms in total. The SMILES string of the molecule is CCOCCNC1CCCCc2ccccc21. The average molecular weight is 233 g/mol. The van der Waals surface area contributed by atoms with Crippen LogP contribution in [0.15, 0.2) is 24.3 Å². The highest BCUT2D eigenvalue weighted by molar-refractivity contribution is 5.31. The summed E-state index contributed by atoms with van der Waals surface area (Å²) in [5.41, 5.74) is 3.03. The minimum atomic E-state index is 0.522. The summed E-state index contributed by atoms with van der Waals surface area (Å²) in [6.45, 7) is 4.62. The van der Waals surface area contributed by atoms with Crippen molar-refractivity contribution in [2.24, 2.45) is 0 Å². The van der Waals surface area contributed by atoms with Gasteiger partial charge in [-0.1, -0.05) is 30.7 Å². The molecule has 1 N–H and O–H groups in total. The molecular formula is C15H23NO. The van der Waals surface area contributed by atoms with E-state index in [9.17, 15) is 0 Å². The van der Waals surface area contributed by atoms with E-state index in [4.69, 9.17) is 4.74 Å². The van der Waals surface area contributed by atoms with Crippen LogP contribution in [0.4, 0.5) is 0 Å². The molecule has 94 valence electrons. The molecule has 1 aliphatic carbocycles. The van der Waals surface area contributed by atoms with Crippen molar-refractivity contribution in [2.45, 2.75) is 38.6 Å². The summed E-state index contributed by atoms with van der Waals surface area (Å²) in [6.07, 6.45) is 5.13. The molecular weight excluding hydrogens is 210 g/mol. The Morgan fingerprint density at radius 2 is 2.18 bits per heavy atom. The molecule has 1 aliphatic rings. The van der Waals surface area contributed by atoms with Gasteiger partial charge in [0.25, 0.3) is 0 Å². The Kier molecular flexibility index (Phi) is 5.02. The maximum Gasteiger partial charge on any atom is 0.0590 e. The lowest BCUT2D eigenvalue weighted by Crippen LogP contribution is -2.25. The zero-order valence-corrected chi connectivity index (χ0v) is 10.7. The van der Waals surface area contributed by atoms with Crippen molar-refractivity contribution in [3.63, 3.8) is 0 Å². The van der Waals surface area contributed by atoms with Gasteiger partial charge in [-0.25, -0.2) is 0 Å². The Hall–Kier alpha value is -0.860. The molecule has 17 heavy (non-hydrogen) atoms. The zero-order chi connectivity index (χ0) is 11.9. The first-order chi connectivity index (χ1) is 8.42. The summed E-state index contributed by atoms with van der Waals surface area (Å²) < 4.78 is 5.38. The predicted molar refractivity (Wildman–Crippen MR) is 71.2 cm³/mol. The molecule has 0 aromatic heterocycles. The molecule has 0 saturated carbocycles. The van der Waals surface area contributed by atoms with Gasteiger partial charge in [-0.15, -0.1) is 0 Å². The Balaban J connectivity index is 1.97. The van der Waals surface area contributed by atoms with E-state index >= 15 is 0 Å². The fraction of sp³-hybridized carbons (Fsp3) is 0.600. The van der Waals surface area contributed by atoms with Gasteiger partial charge in [0.15, 0.2) is 0 Å². The highest BCUT2D eigenvalue weighted by Crippen LogP contribution is 2.28. The minimum absolute atomic E-state index is 0.522. The first-order valence-electron chi connectivity index (χ1n) is 6.80. The Labute approximate surface area is 104 Å². The number of nitrogens with one attached hydrogen (secondary N) is 1. The van der Waals surface area contributed by atoms with Gasteiger partial charge in [0.1, 0.15) is 0 Å². The van der Waals surface area contributed by atoms with E-state index in [0.717, 1.165) is 19.8 Å². The van der Waals surface area contributed by atoms with Gasteiger partial charge in [-0.05, 0) is 37.3 Å². The van der Waals surface area contributed by atoms with Gasteiger partial charge in [0, 0.05) is 19.2 Å². The van der Waals surface area contributed by atoms with Crippen molar-refractivity contribution in [1.29, 1.82) is 0 Å². The molecule has 0 heterocycles. The van der Waals surface area contributed by atoms with E-state index in [1.165, 1.54) is 36.8 Å². The molecule has 2 heteroatoms. The van der Waals surface area contributed by atoms with Crippen molar-refractivity contribution in [2.75, 3.05) is 19.8 Å². The number of benzene rings is 1. The monoisotopic (exact) mass is 233 g/mol. The summed E-state index contributed by atoms with van der Waals surface area (Å²) >= 11 is 0. The van der Waals surface area contributed by atoms with Crippen LogP contribution >= 0.6 is 0 Å². The Bertz CT molecular complexity index is 337. The summed E-state index contributed by atoms with van der Waals surface area (Å²) in [6, 6.07) is 9.38. The quantitative estimate of drug-likeness (QED) is 0.623. The van der Waals surface area contributed by atoms with Gasteiger partial charge < -0.3 is 10.1 Å². The van der Waals surface area contributed by atoms with Crippen LogP contribution in [0.25, 0.3) is 0 Å². The second kappa shape index (κ2) is 6.77. The van der Waals surface area contributed by atoms with Crippen LogP contribution in [-0.4, -0.2) is 19.8 Å². The van der Waals surface area contributed by atoms with Crippen molar-refractivity contribution >= 4 is 0 Å². The van der Waals surface area contributed by atoms with Crippen molar-refractivity contribution in [3.05, 3.63) is 35.4 Å². The molecule has 1 unspecified atom stereocenters. The number of aryl methyl sites for hydroxylation is 1. The topological polar surface area (TPSA) is 21.3 Å². The second-order valence-electron chi connectivity index (χ2n) is 4.65. The maximum absolute atomic E-state index is 5.38. The third-order valence-electron chi connectivity index (χ3n) is 3.46. The molecule has 2 rings (SSSR count). The summed E-state index contributed by atoms with van der Waals surface area (Å²) in [5, 5.41) is 3.63. The molecule has 1 atom stereocenters. The van der Waals surface area contributed by atoms with Crippen LogP contribution in [0.2, 0.25) is 0 Å². The van der Waals surface area contributed by atoms with Crippen LogP contribution < -0.4 is 5.32 Å². The van der Waals surface area contributed by atoms with Crippen LogP contribution in [-0.2, 0) is 11.2 Å². The van der Waals surface area contributed by atoms with Crippen LogP contribution in [0.3, 0.4) is 0 Å². The highest BCUT2D eigenvalue weighted by atomic mass is 16.5. The molecule has 0 spiro atoms. The lowest BCUT2D eigenvalue weighted by molar-refractivity contribution is 0.146. The highest BCUT2D eigenvalue weighted by Gasteiger charge is 2.17. The number of rotatable bonds is 5. The predicted octanol–water partition coefficient (Wildman–Crippen LogP) is 3.08. The van der Waals surface area contributed by atoms with Gasteiger partial charge in [-0.3, -0.25) is 0 Å². The number of hydrogen-bond donors (Lipinski definition) is 1. The van der Waals surface area contributed by atoms with E-state index in [0.29, 0.717) is 6.04 Å². The molecule has 0 saturated heterocycles. The molecule has 0 amide bonds. The van der Waals surface area contributed by atoms with Crippen LogP contribution in [0.5, 0.6) is 0 Å². The fourth-order valence-corrected chi connectivity index (χ4v) is 2.58. The summed E-state index contributed by atoms with van der Waals surface area (Å²) in [7, 11) is 0. The van der Waals surface area contributed by atoms with Gasteiger partial charge in [-0.2, -0.15) is 0 Å². The van der Waals surface area contributed by atoms with E-state index in [-0.39, 0.29) is 0 Å². The standard InChI is InChI=1S/C15H23NO/c1-2-17-12-11-16-15-10-6-4-8-13-7-3-5-9-14(13)15/h3,5,7,9,15-16H,2,4,6,8,10-12H2,1H3. The number of hydrogen-bond acceptors (Lipinski definition) is 2. The van der Waals surface area contributed by atoms with Gasteiger partial charge in [0.2, 0.25) is 0 Å². The average Bonchev–Trinajstić information content (AvgIpc) is 2.57. The normalized spacial score (nSPS) is 19.7. The largest absolute Gasteiger partial charge is 0.380 e. The molecule has 0 fully saturated rings. The van der Waals surface area contributed by atoms with E-state index in [1.807, 2.05) is 6.92 Å². The minimum Gasteiger partial charge on any atom is -0.380 e. The third kappa shape index (κ3) is 3.55. The van der Waals surface area contributed by atoms with E-state index in [2.05, 4.69) is 29.6 Å². The first kappa shape index (κ1) is 12.6. The van der Waals surface area contributed by atoms with Gasteiger partial charge in [0.05, 0.1) is 6.61 Å². The molecule has 0 radical (unpaired) electrons. The first-order valence-corrected chi connectivity index (χ1v) is 6.80. The van der Waals surface area contributed by atoms with E-state index in [1.54, 1.807) is 0 Å². The second-order valence-corrected chi connectivity index (χ2v) is 4.65. The zero-order valence-electron chi connectivity index (χ0n) is 10.7. The maximum atomic E-state index is 5.38. The fourth-order valence-electron chi connectivity index (χ4n) is 2.58. The number of fused-ring (bicyclic) bond motifs is 1. The molecule has 1 aromatic carbocycles. The van der Waals surface area contributed by atoms with Crippen LogP contribution in [0.1, 0.15) is 43.4 Å². The van der Waals surface area contributed by atoms with Crippen molar-refractivity contribution < 1.29 is 4.74 Å². The van der Waals surface area contributed by atoms with Crippen molar-refractivity contribution in [1.82, 2.24) is 5.32 Å². The van der Waals surface area contributed by atoms with Crippen LogP contribution in [0, 0.1) is 0 Å².